The molecule has 19 heavy (non-hydrogen) atoms. The van der Waals surface area contributed by atoms with Crippen LogP contribution in [0.15, 0.2) is 24.3 Å². The highest BCUT2D eigenvalue weighted by Crippen LogP contribution is 2.34. The predicted octanol–water partition coefficient (Wildman–Crippen LogP) is 1.93. The minimum absolute atomic E-state index is 0.377. The van der Waals surface area contributed by atoms with Crippen LogP contribution in [0.25, 0.3) is 11.3 Å². The van der Waals surface area contributed by atoms with Crippen molar-refractivity contribution in [3.63, 3.8) is 0 Å². The second-order valence-electron chi connectivity index (χ2n) is 4.14. The van der Waals surface area contributed by atoms with Gasteiger partial charge in [0.25, 0.3) is 0 Å². The maximum Gasteiger partial charge on any atom is 0.128 e. The summed E-state index contributed by atoms with van der Waals surface area (Å²) in [5.41, 5.74) is 8.85. The third-order valence-electron chi connectivity index (χ3n) is 2.92. The average Bonchev–Trinajstić information content (AvgIpc) is 2.47. The molecule has 100 valence electrons. The third-order valence-corrected chi connectivity index (χ3v) is 2.92. The summed E-state index contributed by atoms with van der Waals surface area (Å²) in [6, 6.07) is 7.56. The highest BCUT2D eigenvalue weighted by atomic mass is 16.5. The van der Waals surface area contributed by atoms with E-state index in [9.17, 15) is 0 Å². The molecule has 2 N–H and O–H groups in total. The van der Waals surface area contributed by atoms with Gasteiger partial charge in [0.05, 0.1) is 25.6 Å². The minimum atomic E-state index is 0.377. The Morgan fingerprint density at radius 1 is 1.05 bits per heavy atom. The number of hydrogen-bond donors (Lipinski definition) is 1. The molecule has 1 aromatic carbocycles. The number of methoxy groups -OCH3 is 2. The first kappa shape index (κ1) is 13.3. The molecule has 1 aromatic heterocycles. The first-order valence-electron chi connectivity index (χ1n) is 5.95. The number of ether oxygens (including phenoxy) is 2. The minimum Gasteiger partial charge on any atom is -0.496 e. The van der Waals surface area contributed by atoms with Crippen LogP contribution in [0.4, 0.5) is 0 Å². The average molecular weight is 259 g/mol. The molecule has 0 atom stereocenters. The molecular weight excluding hydrogens is 242 g/mol. The highest BCUT2D eigenvalue weighted by Gasteiger charge is 2.12. The van der Waals surface area contributed by atoms with E-state index in [2.05, 4.69) is 10.2 Å². The van der Waals surface area contributed by atoms with Crippen LogP contribution < -0.4 is 15.2 Å². The maximum absolute atomic E-state index is 5.51. The number of nitrogens with zero attached hydrogens (tertiary/aromatic N) is 2. The van der Waals surface area contributed by atoms with Crippen molar-refractivity contribution in [3.05, 3.63) is 35.5 Å². The van der Waals surface area contributed by atoms with Crippen molar-refractivity contribution in [2.24, 2.45) is 5.73 Å². The van der Waals surface area contributed by atoms with Gasteiger partial charge >= 0.3 is 0 Å². The molecule has 0 aliphatic heterocycles. The Kier molecular flexibility index (Phi) is 3.97. The second kappa shape index (κ2) is 5.67. The van der Waals surface area contributed by atoms with Gasteiger partial charge in [-0.05, 0) is 36.8 Å². The molecule has 0 amide bonds. The summed E-state index contributed by atoms with van der Waals surface area (Å²) < 4.78 is 10.7. The summed E-state index contributed by atoms with van der Waals surface area (Å²) in [6.07, 6.45) is 0. The zero-order chi connectivity index (χ0) is 13.8. The monoisotopic (exact) mass is 259 g/mol. The maximum atomic E-state index is 5.51. The van der Waals surface area contributed by atoms with E-state index >= 15 is 0 Å². The van der Waals surface area contributed by atoms with E-state index in [4.69, 9.17) is 15.2 Å². The van der Waals surface area contributed by atoms with Gasteiger partial charge in [0.15, 0.2) is 0 Å². The Balaban J connectivity index is 2.52. The summed E-state index contributed by atoms with van der Waals surface area (Å²) >= 11 is 0. The van der Waals surface area contributed by atoms with Crippen molar-refractivity contribution in [1.29, 1.82) is 0 Å². The van der Waals surface area contributed by atoms with Crippen molar-refractivity contribution in [3.8, 4) is 22.8 Å². The molecule has 5 nitrogen and oxygen atoms in total. The van der Waals surface area contributed by atoms with E-state index in [0.717, 1.165) is 34.0 Å². The van der Waals surface area contributed by atoms with Crippen molar-refractivity contribution >= 4 is 0 Å². The molecule has 0 saturated heterocycles. The molecule has 2 aromatic rings. The number of rotatable bonds is 4. The Morgan fingerprint density at radius 3 is 2.32 bits per heavy atom. The van der Waals surface area contributed by atoms with E-state index in [1.807, 2.05) is 31.2 Å². The molecule has 0 radical (unpaired) electrons. The zero-order valence-electron chi connectivity index (χ0n) is 11.3. The molecule has 0 aliphatic rings. The van der Waals surface area contributed by atoms with Crippen molar-refractivity contribution < 1.29 is 9.47 Å². The standard InChI is InChI=1S/C14H17N3O2/c1-9-6-14(19-3)11(7-13(9)18-2)12-5-4-10(8-15)16-17-12/h4-7H,8,15H2,1-3H3. The number of aromatic nitrogens is 2. The van der Waals surface area contributed by atoms with E-state index in [-0.39, 0.29) is 0 Å². The van der Waals surface area contributed by atoms with Crippen molar-refractivity contribution in [1.82, 2.24) is 10.2 Å². The molecule has 2 rings (SSSR count). The molecular formula is C14H17N3O2. The van der Waals surface area contributed by atoms with Crippen LogP contribution in [0.2, 0.25) is 0 Å². The summed E-state index contributed by atoms with van der Waals surface area (Å²) in [5.74, 6) is 1.54. The molecule has 0 fully saturated rings. The van der Waals surface area contributed by atoms with E-state index in [1.54, 1.807) is 14.2 Å². The number of aryl methyl sites for hydroxylation is 1. The van der Waals surface area contributed by atoms with E-state index < -0.39 is 0 Å². The van der Waals surface area contributed by atoms with Crippen LogP contribution in [0.1, 0.15) is 11.3 Å². The number of benzene rings is 1. The lowest BCUT2D eigenvalue weighted by atomic mass is 10.1. The summed E-state index contributed by atoms with van der Waals surface area (Å²) in [6.45, 7) is 2.34. The van der Waals surface area contributed by atoms with Gasteiger partial charge in [-0.15, -0.1) is 0 Å². The lowest BCUT2D eigenvalue weighted by molar-refractivity contribution is 0.401. The zero-order valence-corrected chi connectivity index (χ0v) is 11.3. The Labute approximate surface area is 112 Å². The van der Waals surface area contributed by atoms with Gasteiger partial charge in [-0.2, -0.15) is 10.2 Å². The SMILES string of the molecule is COc1cc(-c2ccc(CN)nn2)c(OC)cc1C. The largest absolute Gasteiger partial charge is 0.496 e. The molecule has 0 unspecified atom stereocenters. The number of hydrogen-bond acceptors (Lipinski definition) is 5. The Bertz CT molecular complexity index is 568. The molecule has 5 heteroatoms. The fourth-order valence-corrected chi connectivity index (χ4v) is 1.86. The van der Waals surface area contributed by atoms with Crippen LogP contribution in [0.5, 0.6) is 11.5 Å². The lowest BCUT2D eigenvalue weighted by Gasteiger charge is -2.12. The smallest absolute Gasteiger partial charge is 0.128 e. The van der Waals surface area contributed by atoms with Crippen molar-refractivity contribution in [2.45, 2.75) is 13.5 Å². The van der Waals surface area contributed by atoms with E-state index in [0.29, 0.717) is 6.54 Å². The van der Waals surface area contributed by atoms with Crippen LogP contribution >= 0.6 is 0 Å². The number of nitrogens with two attached hydrogens (primary N) is 1. The molecule has 0 aliphatic carbocycles. The van der Waals surface area contributed by atoms with Gasteiger partial charge in [0.1, 0.15) is 11.5 Å². The van der Waals surface area contributed by atoms with Crippen molar-refractivity contribution in [2.75, 3.05) is 14.2 Å². The summed E-state index contributed by atoms with van der Waals surface area (Å²) in [7, 11) is 3.27. The van der Waals surface area contributed by atoms with Crippen LogP contribution in [-0.4, -0.2) is 24.4 Å². The first-order valence-corrected chi connectivity index (χ1v) is 5.95. The third kappa shape index (κ3) is 2.66. The van der Waals surface area contributed by atoms with Gasteiger partial charge in [-0.25, -0.2) is 0 Å². The second-order valence-corrected chi connectivity index (χ2v) is 4.14. The van der Waals surface area contributed by atoms with Crippen LogP contribution in [0.3, 0.4) is 0 Å². The van der Waals surface area contributed by atoms with Gasteiger partial charge in [0, 0.05) is 12.1 Å². The topological polar surface area (TPSA) is 70.3 Å². The van der Waals surface area contributed by atoms with Crippen LogP contribution in [0, 0.1) is 6.92 Å². The molecule has 0 bridgehead atoms. The van der Waals surface area contributed by atoms with Crippen LogP contribution in [-0.2, 0) is 6.54 Å². The van der Waals surface area contributed by atoms with E-state index in [1.165, 1.54) is 0 Å². The van der Waals surface area contributed by atoms with Gasteiger partial charge in [-0.1, -0.05) is 0 Å². The summed E-state index contributed by atoms with van der Waals surface area (Å²) in [5, 5.41) is 8.22. The fraction of sp³-hybridized carbons (Fsp3) is 0.286. The van der Waals surface area contributed by atoms with Gasteiger partial charge < -0.3 is 15.2 Å². The molecule has 0 saturated carbocycles. The molecule has 1 heterocycles. The normalized spacial score (nSPS) is 10.3. The predicted molar refractivity (Wildman–Crippen MR) is 73.2 cm³/mol. The lowest BCUT2D eigenvalue weighted by Crippen LogP contribution is -2.02. The molecule has 0 spiro atoms. The highest BCUT2D eigenvalue weighted by molar-refractivity contribution is 5.70. The Morgan fingerprint density at radius 2 is 1.79 bits per heavy atom. The summed E-state index contributed by atoms with van der Waals surface area (Å²) in [4.78, 5) is 0. The quantitative estimate of drug-likeness (QED) is 0.908. The Hall–Kier alpha value is -2.14. The van der Waals surface area contributed by atoms with Gasteiger partial charge in [-0.3, -0.25) is 0 Å². The fourth-order valence-electron chi connectivity index (χ4n) is 1.86. The first-order chi connectivity index (χ1) is 9.19. The van der Waals surface area contributed by atoms with Gasteiger partial charge in [0.2, 0.25) is 0 Å².